The molecule has 0 aliphatic rings. The molecule has 0 atom stereocenters. The van der Waals surface area contributed by atoms with E-state index in [2.05, 4.69) is 30.5 Å². The minimum Gasteiger partial charge on any atom is -0.506 e. The van der Waals surface area contributed by atoms with E-state index >= 15 is 0 Å². The van der Waals surface area contributed by atoms with Crippen molar-refractivity contribution >= 4 is 81.7 Å². The zero-order valence-corrected chi connectivity index (χ0v) is 25.3. The summed E-state index contributed by atoms with van der Waals surface area (Å²) in [6, 6.07) is 17.9. The van der Waals surface area contributed by atoms with Gasteiger partial charge in [0.2, 0.25) is 0 Å². The molecule has 0 aliphatic heterocycles. The molecule has 202 valence electrons. The second-order valence-corrected chi connectivity index (χ2v) is 11.7. The first-order valence-electron chi connectivity index (χ1n) is 12.2. The molecule has 0 spiro atoms. The van der Waals surface area contributed by atoms with Crippen LogP contribution in [0.5, 0.6) is 17.2 Å². The van der Waals surface area contributed by atoms with Crippen LogP contribution in [0.25, 0.3) is 30.3 Å². The number of ether oxygens (including phenoxy) is 2. The SMILES string of the molecule is CCc1cc(O)c2sccc2c1.COc1cc(C(C)=O)cc2ccsc12.COc1cc(CCl)cc2ccsc12. The van der Waals surface area contributed by atoms with E-state index in [9.17, 15) is 9.90 Å². The van der Waals surface area contributed by atoms with Crippen LogP contribution in [0.1, 0.15) is 35.3 Å². The predicted octanol–water partition coefficient (Wildman–Crippen LogP) is 9.93. The number of halogens is 1. The lowest BCUT2D eigenvalue weighted by Gasteiger charge is -2.03. The summed E-state index contributed by atoms with van der Waals surface area (Å²) in [5.74, 6) is 2.71. The number of hydrogen-bond acceptors (Lipinski definition) is 7. The molecule has 0 fully saturated rings. The number of fused-ring (bicyclic) bond motifs is 3. The summed E-state index contributed by atoms with van der Waals surface area (Å²) in [4.78, 5) is 11.2. The maximum atomic E-state index is 11.2. The number of Topliss-reactive ketones (excluding diaryl/α,β-unsaturated/α-hetero) is 1. The number of carbonyl (C=O) groups is 1. The van der Waals surface area contributed by atoms with E-state index in [1.165, 1.54) is 15.6 Å². The van der Waals surface area contributed by atoms with Crippen LogP contribution < -0.4 is 9.47 Å². The molecule has 3 aromatic heterocycles. The standard InChI is InChI=1S/C11H10O2S.C10H9ClOS.C10H10OS/c1-7(12)9-5-8-3-4-14-11(8)10(6-9)13-2;1-12-9-5-7(6-11)4-8-2-3-13-10(8)9;1-2-7-5-8-3-4-12-10(8)9(11)6-7/h3-6H,1-2H3;2-5H,6H2,1H3;3-6,11H,2H2,1H3. The lowest BCUT2D eigenvalue weighted by Crippen LogP contribution is -1.93. The van der Waals surface area contributed by atoms with Crippen molar-refractivity contribution in [3.05, 3.63) is 87.4 Å². The highest BCUT2D eigenvalue weighted by atomic mass is 35.5. The normalized spacial score (nSPS) is 10.6. The quantitative estimate of drug-likeness (QED) is 0.159. The van der Waals surface area contributed by atoms with Crippen molar-refractivity contribution < 1.29 is 19.4 Å². The molecule has 0 saturated heterocycles. The Bertz CT molecular complexity index is 1710. The molecule has 0 bridgehead atoms. The Hall–Kier alpha value is -3.10. The van der Waals surface area contributed by atoms with Gasteiger partial charge >= 0.3 is 0 Å². The number of phenolic OH excluding ortho intramolecular Hbond substituents is 1. The number of methoxy groups -OCH3 is 2. The number of benzene rings is 3. The molecule has 0 radical (unpaired) electrons. The van der Waals surface area contributed by atoms with Crippen LogP contribution in [-0.2, 0) is 12.3 Å². The Kier molecular flexibility index (Phi) is 9.86. The van der Waals surface area contributed by atoms with Crippen LogP contribution in [0.3, 0.4) is 0 Å². The zero-order chi connectivity index (χ0) is 27.9. The van der Waals surface area contributed by atoms with Crippen LogP contribution >= 0.6 is 45.6 Å². The maximum Gasteiger partial charge on any atom is 0.159 e. The van der Waals surface area contributed by atoms with Gasteiger partial charge in [0.1, 0.15) is 17.2 Å². The van der Waals surface area contributed by atoms with Crippen LogP contribution in [-0.4, -0.2) is 25.1 Å². The second kappa shape index (κ2) is 13.3. The molecule has 39 heavy (non-hydrogen) atoms. The van der Waals surface area contributed by atoms with Gasteiger partial charge in [0, 0.05) is 11.4 Å². The first-order valence-corrected chi connectivity index (χ1v) is 15.4. The summed E-state index contributed by atoms with van der Waals surface area (Å²) in [7, 11) is 3.31. The number of carbonyl (C=O) groups excluding carboxylic acids is 1. The summed E-state index contributed by atoms with van der Waals surface area (Å²) >= 11 is 10.7. The van der Waals surface area contributed by atoms with Crippen LogP contribution in [0.15, 0.2) is 70.7 Å². The molecule has 1 N–H and O–H groups in total. The van der Waals surface area contributed by atoms with Crippen molar-refractivity contribution in [3.8, 4) is 17.2 Å². The molecule has 0 saturated carbocycles. The monoisotopic (exact) mass is 596 g/mol. The number of phenols is 1. The van der Waals surface area contributed by atoms with Gasteiger partial charge in [0.15, 0.2) is 5.78 Å². The summed E-state index contributed by atoms with van der Waals surface area (Å²) in [6.45, 7) is 3.65. The van der Waals surface area contributed by atoms with E-state index in [1.807, 2.05) is 41.1 Å². The van der Waals surface area contributed by atoms with E-state index in [1.54, 1.807) is 61.2 Å². The molecule has 3 heterocycles. The lowest BCUT2D eigenvalue weighted by molar-refractivity contribution is 0.101. The number of hydrogen-bond donors (Lipinski definition) is 1. The minimum atomic E-state index is 0.0661. The van der Waals surface area contributed by atoms with Crippen LogP contribution in [0.2, 0.25) is 0 Å². The van der Waals surface area contributed by atoms with E-state index in [0.717, 1.165) is 43.7 Å². The molecule has 6 aromatic rings. The molecule has 3 aromatic carbocycles. The summed E-state index contributed by atoms with van der Waals surface area (Å²) in [6.07, 6.45) is 0.972. The zero-order valence-electron chi connectivity index (χ0n) is 22.1. The van der Waals surface area contributed by atoms with E-state index in [0.29, 0.717) is 17.2 Å². The van der Waals surface area contributed by atoms with Gasteiger partial charge in [-0.2, -0.15) is 0 Å². The number of aromatic hydroxyl groups is 1. The number of ketones is 1. The minimum absolute atomic E-state index is 0.0661. The highest BCUT2D eigenvalue weighted by Crippen LogP contribution is 2.34. The van der Waals surface area contributed by atoms with Crippen molar-refractivity contribution in [3.63, 3.8) is 0 Å². The third-order valence-corrected chi connectivity index (χ3v) is 9.24. The summed E-state index contributed by atoms with van der Waals surface area (Å²) in [5, 5.41) is 19.1. The van der Waals surface area contributed by atoms with Gasteiger partial charge in [0.05, 0.1) is 28.3 Å². The van der Waals surface area contributed by atoms with Gasteiger partial charge in [-0.25, -0.2) is 0 Å². The van der Waals surface area contributed by atoms with Crippen molar-refractivity contribution in [2.45, 2.75) is 26.1 Å². The van der Waals surface area contributed by atoms with Gasteiger partial charge in [0.25, 0.3) is 0 Å². The molecule has 4 nitrogen and oxygen atoms in total. The van der Waals surface area contributed by atoms with Crippen molar-refractivity contribution in [2.24, 2.45) is 0 Å². The maximum absolute atomic E-state index is 11.2. The first kappa shape index (κ1) is 28.9. The Morgan fingerprint density at radius 1 is 0.769 bits per heavy atom. The average molecular weight is 597 g/mol. The fraction of sp³-hybridized carbons (Fsp3) is 0.194. The van der Waals surface area contributed by atoms with Crippen molar-refractivity contribution in [1.82, 2.24) is 0 Å². The second-order valence-electron chi connectivity index (χ2n) is 8.65. The molecule has 0 aliphatic carbocycles. The van der Waals surface area contributed by atoms with Crippen molar-refractivity contribution in [1.29, 1.82) is 0 Å². The highest BCUT2D eigenvalue weighted by molar-refractivity contribution is 7.18. The molecule has 8 heteroatoms. The molecule has 0 unspecified atom stereocenters. The highest BCUT2D eigenvalue weighted by Gasteiger charge is 2.08. The average Bonchev–Trinajstić information content (AvgIpc) is 3.73. The number of rotatable bonds is 5. The molecular formula is C31H29ClO4S3. The van der Waals surface area contributed by atoms with Gasteiger partial charge < -0.3 is 14.6 Å². The fourth-order valence-corrected chi connectivity index (χ4v) is 6.76. The van der Waals surface area contributed by atoms with Crippen LogP contribution in [0.4, 0.5) is 0 Å². The largest absolute Gasteiger partial charge is 0.506 e. The fourth-order valence-electron chi connectivity index (χ4n) is 4.07. The molecule has 0 amide bonds. The number of aryl methyl sites for hydroxylation is 1. The van der Waals surface area contributed by atoms with Gasteiger partial charge in [-0.15, -0.1) is 45.6 Å². The Morgan fingerprint density at radius 2 is 1.28 bits per heavy atom. The number of thiophene rings is 3. The number of alkyl halides is 1. The van der Waals surface area contributed by atoms with Crippen molar-refractivity contribution in [2.75, 3.05) is 14.2 Å². The van der Waals surface area contributed by atoms with E-state index in [4.69, 9.17) is 21.1 Å². The Balaban J connectivity index is 0.000000136. The van der Waals surface area contributed by atoms with E-state index in [-0.39, 0.29) is 5.78 Å². The molecular weight excluding hydrogens is 568 g/mol. The third-order valence-electron chi connectivity index (χ3n) is 6.09. The van der Waals surface area contributed by atoms with Gasteiger partial charge in [-0.1, -0.05) is 13.0 Å². The smallest absolute Gasteiger partial charge is 0.159 e. The van der Waals surface area contributed by atoms with Gasteiger partial charge in [-0.3, -0.25) is 4.79 Å². The molecule has 6 rings (SSSR count). The van der Waals surface area contributed by atoms with Crippen LogP contribution in [0, 0.1) is 0 Å². The third kappa shape index (κ3) is 6.73. The Morgan fingerprint density at radius 3 is 1.82 bits per heavy atom. The summed E-state index contributed by atoms with van der Waals surface area (Å²) in [5.41, 5.74) is 3.00. The van der Waals surface area contributed by atoms with E-state index < -0.39 is 0 Å². The topological polar surface area (TPSA) is 55.8 Å². The first-order chi connectivity index (χ1) is 18.9. The Labute approximate surface area is 245 Å². The predicted molar refractivity (Wildman–Crippen MR) is 169 cm³/mol. The lowest BCUT2D eigenvalue weighted by atomic mass is 10.1. The van der Waals surface area contributed by atoms with Gasteiger partial charge in [-0.05, 0) is 105 Å². The summed E-state index contributed by atoms with van der Waals surface area (Å²) < 4.78 is 13.8.